The van der Waals surface area contributed by atoms with E-state index in [1.807, 2.05) is 19.1 Å². The summed E-state index contributed by atoms with van der Waals surface area (Å²) in [6, 6.07) is 8.25. The highest BCUT2D eigenvalue weighted by Crippen LogP contribution is 2.26. The van der Waals surface area contributed by atoms with Gasteiger partial charge in [-0.25, -0.2) is 4.68 Å². The van der Waals surface area contributed by atoms with Gasteiger partial charge >= 0.3 is 0 Å². The van der Waals surface area contributed by atoms with Crippen LogP contribution in [0.3, 0.4) is 0 Å². The Balaban J connectivity index is 2.26. The first kappa shape index (κ1) is 15.9. The number of nitrogens with zero attached hydrogens (tertiary/aromatic N) is 2. The van der Waals surface area contributed by atoms with Crippen molar-refractivity contribution in [3.8, 4) is 0 Å². The molecule has 0 bridgehead atoms. The van der Waals surface area contributed by atoms with Crippen LogP contribution in [0.2, 0.25) is 0 Å². The van der Waals surface area contributed by atoms with Crippen LogP contribution in [0.15, 0.2) is 44.1 Å². The van der Waals surface area contributed by atoms with Crippen LogP contribution in [0.4, 0.5) is 5.69 Å². The van der Waals surface area contributed by atoms with E-state index in [1.54, 1.807) is 6.07 Å². The van der Waals surface area contributed by atoms with Gasteiger partial charge in [-0.1, -0.05) is 22.9 Å². The Morgan fingerprint density at radius 3 is 2.76 bits per heavy atom. The molecule has 0 spiro atoms. The van der Waals surface area contributed by atoms with Gasteiger partial charge in [0.2, 0.25) is 0 Å². The van der Waals surface area contributed by atoms with E-state index < -0.39 is 0 Å². The zero-order valence-electron chi connectivity index (χ0n) is 11.3. The second kappa shape index (κ2) is 7.00. The number of hydrogen-bond acceptors (Lipinski definition) is 3. The number of rotatable bonds is 4. The molecule has 1 amide bonds. The van der Waals surface area contributed by atoms with Gasteiger partial charge in [0.15, 0.2) is 0 Å². The molecule has 0 aliphatic heterocycles. The van der Waals surface area contributed by atoms with Gasteiger partial charge in [-0.05, 0) is 46.6 Å². The van der Waals surface area contributed by atoms with Crippen LogP contribution < -0.4 is 10.9 Å². The molecule has 1 aromatic heterocycles. The maximum atomic E-state index is 12.2. The number of hydrogen-bond donors (Lipinski definition) is 1. The second-order valence-electron chi connectivity index (χ2n) is 4.36. The number of aromatic nitrogens is 2. The van der Waals surface area contributed by atoms with Crippen molar-refractivity contribution in [3.05, 3.63) is 55.3 Å². The van der Waals surface area contributed by atoms with Crippen LogP contribution >= 0.6 is 31.9 Å². The van der Waals surface area contributed by atoms with E-state index in [1.165, 1.54) is 16.8 Å². The Bertz CT molecular complexity index is 728. The van der Waals surface area contributed by atoms with E-state index in [4.69, 9.17) is 0 Å². The smallest absolute Gasteiger partial charge is 0.276 e. The van der Waals surface area contributed by atoms with Crippen molar-refractivity contribution in [2.75, 3.05) is 5.32 Å². The minimum atomic E-state index is -0.362. The molecular formula is C14H13Br2N3O2. The van der Waals surface area contributed by atoms with Crippen LogP contribution in [0, 0.1) is 0 Å². The highest BCUT2D eigenvalue weighted by atomic mass is 79.9. The first-order valence-corrected chi connectivity index (χ1v) is 7.94. The lowest BCUT2D eigenvalue weighted by Gasteiger charge is -2.09. The van der Waals surface area contributed by atoms with Gasteiger partial charge in [0.05, 0.1) is 5.69 Å². The number of carbonyl (C=O) groups excluding carboxylic acids is 1. The molecule has 0 atom stereocenters. The van der Waals surface area contributed by atoms with Crippen molar-refractivity contribution in [1.29, 1.82) is 0 Å². The number of anilines is 1. The molecule has 0 fully saturated rings. The predicted octanol–water partition coefficient (Wildman–Crippen LogP) is 3.43. The number of amides is 1. The van der Waals surface area contributed by atoms with E-state index in [2.05, 4.69) is 42.3 Å². The summed E-state index contributed by atoms with van der Waals surface area (Å²) in [5.74, 6) is -0.362. The zero-order valence-corrected chi connectivity index (χ0v) is 14.4. The van der Waals surface area contributed by atoms with Crippen molar-refractivity contribution in [2.45, 2.75) is 19.9 Å². The van der Waals surface area contributed by atoms with Crippen LogP contribution in [-0.2, 0) is 6.54 Å². The monoisotopic (exact) mass is 413 g/mol. The van der Waals surface area contributed by atoms with E-state index >= 15 is 0 Å². The topological polar surface area (TPSA) is 64.0 Å². The Morgan fingerprint density at radius 1 is 1.29 bits per heavy atom. The maximum Gasteiger partial charge on any atom is 0.276 e. The number of nitrogens with one attached hydrogen (secondary N) is 1. The quantitative estimate of drug-likeness (QED) is 0.833. The number of halogens is 2. The Kier molecular flexibility index (Phi) is 5.30. The SMILES string of the molecule is CCCn1nc(C(=O)Nc2cc(Br)ccc2Br)ccc1=O. The fourth-order valence-corrected chi connectivity index (χ4v) is 2.43. The molecule has 1 aromatic carbocycles. The van der Waals surface area contributed by atoms with Crippen molar-refractivity contribution in [3.63, 3.8) is 0 Å². The van der Waals surface area contributed by atoms with E-state index in [-0.39, 0.29) is 17.2 Å². The molecule has 5 nitrogen and oxygen atoms in total. The minimum Gasteiger partial charge on any atom is -0.320 e. The summed E-state index contributed by atoms with van der Waals surface area (Å²) >= 11 is 6.72. The lowest BCUT2D eigenvalue weighted by Crippen LogP contribution is -2.26. The van der Waals surface area contributed by atoms with Gasteiger partial charge in [-0.15, -0.1) is 0 Å². The molecule has 0 unspecified atom stereocenters. The normalized spacial score (nSPS) is 10.4. The number of benzene rings is 1. The summed E-state index contributed by atoms with van der Waals surface area (Å²) in [6.45, 7) is 2.43. The average Bonchev–Trinajstić information content (AvgIpc) is 2.45. The predicted molar refractivity (Wildman–Crippen MR) is 88.6 cm³/mol. The third-order valence-corrected chi connectivity index (χ3v) is 3.90. The van der Waals surface area contributed by atoms with Crippen LogP contribution in [0.25, 0.3) is 0 Å². The summed E-state index contributed by atoms with van der Waals surface area (Å²) < 4.78 is 2.91. The third-order valence-electron chi connectivity index (χ3n) is 2.71. The first-order chi connectivity index (χ1) is 10.0. The van der Waals surface area contributed by atoms with Gasteiger partial charge in [0, 0.05) is 21.6 Å². The van der Waals surface area contributed by atoms with Gasteiger partial charge in [-0.2, -0.15) is 5.10 Å². The molecule has 21 heavy (non-hydrogen) atoms. The molecule has 2 aromatic rings. The molecule has 1 N–H and O–H groups in total. The molecule has 0 saturated carbocycles. The summed E-state index contributed by atoms with van der Waals surface area (Å²) in [4.78, 5) is 23.8. The van der Waals surface area contributed by atoms with Crippen molar-refractivity contribution in [1.82, 2.24) is 9.78 Å². The largest absolute Gasteiger partial charge is 0.320 e. The lowest BCUT2D eigenvalue weighted by atomic mass is 10.3. The number of carbonyl (C=O) groups is 1. The van der Waals surface area contributed by atoms with Crippen molar-refractivity contribution >= 4 is 43.5 Å². The first-order valence-electron chi connectivity index (χ1n) is 6.36. The zero-order chi connectivity index (χ0) is 15.4. The Labute approximate surface area is 138 Å². The standard InChI is InChI=1S/C14H13Br2N3O2/c1-2-7-19-13(20)6-5-11(18-19)14(21)17-12-8-9(15)3-4-10(12)16/h3-6,8H,2,7H2,1H3,(H,17,21). The van der Waals surface area contributed by atoms with E-state index in [9.17, 15) is 9.59 Å². The van der Waals surface area contributed by atoms with Gasteiger partial charge in [-0.3, -0.25) is 9.59 Å². The van der Waals surface area contributed by atoms with Crippen molar-refractivity contribution in [2.24, 2.45) is 0 Å². The fourth-order valence-electron chi connectivity index (χ4n) is 1.72. The third kappa shape index (κ3) is 4.01. The van der Waals surface area contributed by atoms with Crippen molar-refractivity contribution < 1.29 is 4.79 Å². The molecule has 1 heterocycles. The molecule has 0 radical (unpaired) electrons. The van der Waals surface area contributed by atoms with Gasteiger partial charge < -0.3 is 5.32 Å². The summed E-state index contributed by atoms with van der Waals surface area (Å²) in [5.41, 5.74) is 0.622. The highest BCUT2D eigenvalue weighted by Gasteiger charge is 2.11. The maximum absolute atomic E-state index is 12.2. The average molecular weight is 415 g/mol. The van der Waals surface area contributed by atoms with Gasteiger partial charge in [0.25, 0.3) is 11.5 Å². The summed E-state index contributed by atoms with van der Waals surface area (Å²) in [7, 11) is 0. The molecule has 0 saturated heterocycles. The van der Waals surface area contributed by atoms with Crippen LogP contribution in [-0.4, -0.2) is 15.7 Å². The molecule has 2 rings (SSSR count). The fraction of sp³-hybridized carbons (Fsp3) is 0.214. The minimum absolute atomic E-state index is 0.204. The number of aryl methyl sites for hydroxylation is 1. The second-order valence-corrected chi connectivity index (χ2v) is 6.13. The van der Waals surface area contributed by atoms with Gasteiger partial charge in [0.1, 0.15) is 5.69 Å². The molecule has 7 heteroatoms. The Morgan fingerprint density at radius 2 is 2.05 bits per heavy atom. The van der Waals surface area contributed by atoms with Crippen LogP contribution in [0.1, 0.15) is 23.8 Å². The summed E-state index contributed by atoms with van der Waals surface area (Å²) in [5, 5.41) is 6.84. The molecule has 0 aliphatic rings. The van der Waals surface area contributed by atoms with E-state index in [0.29, 0.717) is 12.2 Å². The molecular weight excluding hydrogens is 402 g/mol. The highest BCUT2D eigenvalue weighted by molar-refractivity contribution is 9.11. The van der Waals surface area contributed by atoms with E-state index in [0.717, 1.165) is 15.4 Å². The molecule has 0 aliphatic carbocycles. The Hall–Kier alpha value is -1.47. The molecule has 110 valence electrons. The lowest BCUT2D eigenvalue weighted by molar-refractivity contribution is 0.101. The van der Waals surface area contributed by atoms with Crippen LogP contribution in [0.5, 0.6) is 0 Å². The summed E-state index contributed by atoms with van der Waals surface area (Å²) in [6.07, 6.45) is 0.773.